The number of amides is 1. The number of halogens is 1. The molecule has 2 atom stereocenters. The molecule has 0 fully saturated rings. The SMILES string of the molecule is CC1(C2=CC(Cl)NN=C2)C=CC=C(C(N)=O)C1. The lowest BCUT2D eigenvalue weighted by atomic mass is 9.74. The van der Waals surface area contributed by atoms with Crippen LogP contribution in [-0.4, -0.2) is 17.6 Å². The molecule has 17 heavy (non-hydrogen) atoms. The zero-order chi connectivity index (χ0) is 12.5. The normalized spacial score (nSPS) is 31.5. The molecule has 2 unspecified atom stereocenters. The Labute approximate surface area is 105 Å². The van der Waals surface area contributed by atoms with Gasteiger partial charge in [-0.25, -0.2) is 0 Å². The van der Waals surface area contributed by atoms with Gasteiger partial charge in [-0.3, -0.25) is 10.2 Å². The summed E-state index contributed by atoms with van der Waals surface area (Å²) < 4.78 is 0. The highest BCUT2D eigenvalue weighted by Crippen LogP contribution is 2.38. The zero-order valence-electron chi connectivity index (χ0n) is 9.48. The van der Waals surface area contributed by atoms with Crippen LogP contribution < -0.4 is 11.2 Å². The number of carbonyl (C=O) groups excluding carboxylic acids is 1. The van der Waals surface area contributed by atoms with Crippen LogP contribution in [0.15, 0.2) is 40.6 Å². The first-order chi connectivity index (χ1) is 8.01. The van der Waals surface area contributed by atoms with E-state index in [-0.39, 0.29) is 16.8 Å². The van der Waals surface area contributed by atoms with E-state index >= 15 is 0 Å². The van der Waals surface area contributed by atoms with Crippen molar-refractivity contribution >= 4 is 23.7 Å². The van der Waals surface area contributed by atoms with Gasteiger partial charge in [0.25, 0.3) is 0 Å². The van der Waals surface area contributed by atoms with Crippen molar-refractivity contribution in [1.82, 2.24) is 5.43 Å². The van der Waals surface area contributed by atoms with Crippen molar-refractivity contribution in [3.8, 4) is 0 Å². The van der Waals surface area contributed by atoms with E-state index in [1.165, 1.54) is 0 Å². The average molecular weight is 252 g/mol. The lowest BCUT2D eigenvalue weighted by Crippen LogP contribution is -2.30. The van der Waals surface area contributed by atoms with E-state index in [1.807, 2.05) is 25.2 Å². The molecule has 0 aromatic carbocycles. The molecule has 3 N–H and O–H groups in total. The molecule has 0 aromatic heterocycles. The second-order valence-electron chi connectivity index (χ2n) is 4.42. The van der Waals surface area contributed by atoms with Crippen molar-refractivity contribution in [2.24, 2.45) is 16.3 Å². The van der Waals surface area contributed by atoms with Gasteiger partial charge in [-0.1, -0.05) is 36.8 Å². The summed E-state index contributed by atoms with van der Waals surface area (Å²) in [7, 11) is 0. The van der Waals surface area contributed by atoms with Crippen LogP contribution in [0.5, 0.6) is 0 Å². The lowest BCUT2D eigenvalue weighted by molar-refractivity contribution is -0.114. The average Bonchev–Trinajstić information content (AvgIpc) is 2.29. The van der Waals surface area contributed by atoms with Gasteiger partial charge in [-0.05, 0) is 18.1 Å². The summed E-state index contributed by atoms with van der Waals surface area (Å²) in [6.07, 6.45) is 9.83. The fourth-order valence-corrected chi connectivity index (χ4v) is 2.20. The fourth-order valence-electron chi connectivity index (χ4n) is 2.01. The molecule has 0 saturated carbocycles. The van der Waals surface area contributed by atoms with Crippen LogP contribution in [0, 0.1) is 5.41 Å². The second kappa shape index (κ2) is 4.37. The van der Waals surface area contributed by atoms with Gasteiger partial charge in [0.2, 0.25) is 5.91 Å². The quantitative estimate of drug-likeness (QED) is 0.576. The highest BCUT2D eigenvalue weighted by atomic mass is 35.5. The molecule has 0 radical (unpaired) electrons. The van der Waals surface area contributed by atoms with Gasteiger partial charge >= 0.3 is 0 Å². The molecule has 90 valence electrons. The zero-order valence-corrected chi connectivity index (χ0v) is 10.2. The Morgan fingerprint density at radius 2 is 2.47 bits per heavy atom. The van der Waals surface area contributed by atoms with Crippen molar-refractivity contribution < 1.29 is 4.79 Å². The molecular weight excluding hydrogens is 238 g/mol. The molecule has 0 bridgehead atoms. The standard InChI is InChI=1S/C12H14ClN3O/c1-12(9-5-10(13)16-15-7-9)4-2-3-8(6-12)11(14)17/h2-5,7,10,16H,6H2,1H3,(H2,14,17). The van der Waals surface area contributed by atoms with Crippen molar-refractivity contribution in [2.45, 2.75) is 18.8 Å². The maximum absolute atomic E-state index is 11.2. The number of allylic oxidation sites excluding steroid dienone is 4. The van der Waals surface area contributed by atoms with Gasteiger partial charge in [0, 0.05) is 11.0 Å². The summed E-state index contributed by atoms with van der Waals surface area (Å²) >= 11 is 5.96. The molecule has 2 rings (SSSR count). The van der Waals surface area contributed by atoms with Crippen LogP contribution in [0.25, 0.3) is 0 Å². The Morgan fingerprint density at radius 1 is 1.71 bits per heavy atom. The number of primary amides is 1. The Bertz CT molecular complexity index is 464. The molecule has 1 aliphatic carbocycles. The highest BCUT2D eigenvalue weighted by Gasteiger charge is 2.31. The molecule has 0 spiro atoms. The third-order valence-electron chi connectivity index (χ3n) is 3.02. The molecule has 1 aliphatic heterocycles. The number of carbonyl (C=O) groups is 1. The van der Waals surface area contributed by atoms with Crippen molar-refractivity contribution in [3.63, 3.8) is 0 Å². The van der Waals surface area contributed by atoms with E-state index in [1.54, 1.807) is 12.3 Å². The molecule has 1 heterocycles. The molecule has 4 nitrogen and oxygen atoms in total. The number of hydrazone groups is 1. The third-order valence-corrected chi connectivity index (χ3v) is 3.25. The molecule has 1 amide bonds. The van der Waals surface area contributed by atoms with Crippen molar-refractivity contribution in [1.29, 1.82) is 0 Å². The highest BCUT2D eigenvalue weighted by molar-refractivity contribution is 6.22. The number of hydrogen-bond donors (Lipinski definition) is 2. The molecule has 2 aliphatic rings. The lowest BCUT2D eigenvalue weighted by Gasteiger charge is -2.31. The minimum Gasteiger partial charge on any atom is -0.366 e. The van der Waals surface area contributed by atoms with Crippen LogP contribution >= 0.6 is 11.6 Å². The largest absolute Gasteiger partial charge is 0.366 e. The maximum atomic E-state index is 11.2. The first kappa shape index (κ1) is 11.9. The first-order valence-corrected chi connectivity index (χ1v) is 5.78. The second-order valence-corrected chi connectivity index (χ2v) is 4.89. The monoisotopic (exact) mass is 251 g/mol. The first-order valence-electron chi connectivity index (χ1n) is 5.34. The van der Waals surface area contributed by atoms with Crippen LogP contribution in [-0.2, 0) is 4.79 Å². The molecular formula is C12H14ClN3O. The Morgan fingerprint density at radius 3 is 3.12 bits per heavy atom. The van der Waals surface area contributed by atoms with E-state index in [9.17, 15) is 4.79 Å². The van der Waals surface area contributed by atoms with Gasteiger partial charge in [-0.15, -0.1) is 0 Å². The minimum atomic E-state index is -0.380. The molecule has 0 saturated heterocycles. The fraction of sp³-hybridized carbons (Fsp3) is 0.333. The number of nitrogens with zero attached hydrogens (tertiary/aromatic N) is 1. The van der Waals surface area contributed by atoms with Crippen LogP contribution in [0.4, 0.5) is 0 Å². The smallest absolute Gasteiger partial charge is 0.244 e. The number of rotatable bonds is 2. The maximum Gasteiger partial charge on any atom is 0.244 e. The van der Waals surface area contributed by atoms with E-state index in [0.717, 1.165) is 5.57 Å². The van der Waals surface area contributed by atoms with Gasteiger partial charge < -0.3 is 5.73 Å². The van der Waals surface area contributed by atoms with Crippen molar-refractivity contribution in [2.75, 3.05) is 0 Å². The Hall–Kier alpha value is -1.55. The topological polar surface area (TPSA) is 67.5 Å². The summed E-state index contributed by atoms with van der Waals surface area (Å²) in [4.78, 5) is 11.2. The van der Waals surface area contributed by atoms with Crippen molar-refractivity contribution in [3.05, 3.63) is 35.5 Å². The van der Waals surface area contributed by atoms with Crippen LogP contribution in [0.1, 0.15) is 13.3 Å². The predicted octanol–water partition coefficient (Wildman–Crippen LogP) is 1.44. The third kappa shape index (κ3) is 2.42. The van der Waals surface area contributed by atoms with E-state index in [0.29, 0.717) is 12.0 Å². The minimum absolute atomic E-state index is 0.280. The number of alkyl halides is 1. The number of nitrogens with one attached hydrogen (secondary N) is 1. The molecule has 5 heteroatoms. The van der Waals surface area contributed by atoms with Gasteiger partial charge in [0.1, 0.15) is 5.50 Å². The van der Waals surface area contributed by atoms with E-state index in [2.05, 4.69) is 10.5 Å². The van der Waals surface area contributed by atoms with Crippen LogP contribution in [0.3, 0.4) is 0 Å². The summed E-state index contributed by atoms with van der Waals surface area (Å²) in [6, 6.07) is 0. The van der Waals surface area contributed by atoms with Gasteiger partial charge in [0.05, 0.1) is 6.21 Å². The van der Waals surface area contributed by atoms with E-state index < -0.39 is 0 Å². The van der Waals surface area contributed by atoms with Gasteiger partial charge in [0.15, 0.2) is 0 Å². The Balaban J connectivity index is 2.27. The molecule has 0 aromatic rings. The summed E-state index contributed by atoms with van der Waals surface area (Å²) in [5.41, 5.74) is 9.05. The van der Waals surface area contributed by atoms with E-state index in [4.69, 9.17) is 17.3 Å². The number of hydrogen-bond acceptors (Lipinski definition) is 3. The summed E-state index contributed by atoms with van der Waals surface area (Å²) in [5.74, 6) is -0.380. The van der Waals surface area contributed by atoms with Gasteiger partial charge in [-0.2, -0.15) is 5.10 Å². The predicted molar refractivity (Wildman–Crippen MR) is 68.5 cm³/mol. The summed E-state index contributed by atoms with van der Waals surface area (Å²) in [5, 5.41) is 3.99. The van der Waals surface area contributed by atoms with Crippen LogP contribution in [0.2, 0.25) is 0 Å². The Kier molecular flexibility index (Phi) is 3.07. The number of nitrogens with two attached hydrogens (primary N) is 1. The summed E-state index contributed by atoms with van der Waals surface area (Å²) in [6.45, 7) is 2.03.